The van der Waals surface area contributed by atoms with Crippen molar-refractivity contribution in [3.63, 3.8) is 0 Å². The van der Waals surface area contributed by atoms with E-state index in [9.17, 15) is 4.79 Å². The lowest BCUT2D eigenvalue weighted by Crippen LogP contribution is -2.21. The molecular formula is C13H25NO. The summed E-state index contributed by atoms with van der Waals surface area (Å²) in [5.41, 5.74) is 1.36. The highest BCUT2D eigenvalue weighted by atomic mass is 16.1. The van der Waals surface area contributed by atoms with Crippen molar-refractivity contribution in [1.29, 1.82) is 0 Å². The average Bonchev–Trinajstić information content (AvgIpc) is 2.14. The average molecular weight is 211 g/mol. The molecule has 0 heterocycles. The van der Waals surface area contributed by atoms with Crippen LogP contribution in [0.4, 0.5) is 0 Å². The number of allylic oxidation sites excluding steroid dienone is 2. The summed E-state index contributed by atoms with van der Waals surface area (Å²) in [6.45, 7) is 9.59. The molecular weight excluding hydrogens is 186 g/mol. The number of rotatable bonds is 8. The first-order chi connectivity index (χ1) is 7.05. The molecule has 1 N–H and O–H groups in total. The Labute approximate surface area is 94.1 Å². The summed E-state index contributed by atoms with van der Waals surface area (Å²) in [5, 5.41) is 3.43. The van der Waals surface area contributed by atoms with Gasteiger partial charge in [0.1, 0.15) is 6.29 Å². The Balaban J connectivity index is 4.26. The van der Waals surface area contributed by atoms with Crippen LogP contribution in [0, 0.1) is 5.41 Å². The van der Waals surface area contributed by atoms with Gasteiger partial charge >= 0.3 is 0 Å². The lowest BCUT2D eigenvalue weighted by molar-refractivity contribution is -0.109. The first kappa shape index (κ1) is 14.2. The molecule has 0 aliphatic rings. The highest BCUT2D eigenvalue weighted by Crippen LogP contribution is 2.27. The van der Waals surface area contributed by atoms with Gasteiger partial charge in [0.05, 0.1) is 0 Å². The fourth-order valence-electron chi connectivity index (χ4n) is 1.55. The molecule has 0 unspecified atom stereocenters. The van der Waals surface area contributed by atoms with Crippen LogP contribution in [0.25, 0.3) is 0 Å². The van der Waals surface area contributed by atoms with Gasteiger partial charge in [0.15, 0.2) is 0 Å². The third kappa shape index (κ3) is 7.18. The van der Waals surface area contributed by atoms with Crippen LogP contribution in [0.1, 0.15) is 53.4 Å². The van der Waals surface area contributed by atoms with E-state index in [1.54, 1.807) is 0 Å². The summed E-state index contributed by atoms with van der Waals surface area (Å²) in [5.74, 6) is 0. The van der Waals surface area contributed by atoms with Crippen molar-refractivity contribution in [1.82, 2.24) is 5.32 Å². The van der Waals surface area contributed by atoms with Crippen LogP contribution in [0.3, 0.4) is 0 Å². The van der Waals surface area contributed by atoms with E-state index in [0.29, 0.717) is 6.42 Å². The van der Waals surface area contributed by atoms with Crippen molar-refractivity contribution in [2.45, 2.75) is 53.4 Å². The number of carbonyl (C=O) groups is 1. The van der Waals surface area contributed by atoms with Crippen molar-refractivity contribution in [2.75, 3.05) is 6.54 Å². The second kappa shape index (κ2) is 7.49. The van der Waals surface area contributed by atoms with E-state index >= 15 is 0 Å². The number of aldehydes is 1. The van der Waals surface area contributed by atoms with Crippen LogP contribution < -0.4 is 5.32 Å². The second-order valence-corrected chi connectivity index (χ2v) is 4.78. The van der Waals surface area contributed by atoms with E-state index in [2.05, 4.69) is 39.1 Å². The fourth-order valence-corrected chi connectivity index (χ4v) is 1.55. The second-order valence-electron chi connectivity index (χ2n) is 4.78. The maximum Gasteiger partial charge on any atom is 0.120 e. The highest BCUT2D eigenvalue weighted by Gasteiger charge is 2.18. The van der Waals surface area contributed by atoms with E-state index < -0.39 is 0 Å². The van der Waals surface area contributed by atoms with Gasteiger partial charge in [-0.05, 0) is 24.7 Å². The Hall–Kier alpha value is -0.790. The third-order valence-corrected chi connectivity index (χ3v) is 2.36. The zero-order valence-electron chi connectivity index (χ0n) is 10.6. The van der Waals surface area contributed by atoms with Gasteiger partial charge < -0.3 is 10.1 Å². The minimum absolute atomic E-state index is 0.0729. The van der Waals surface area contributed by atoms with Crippen LogP contribution in [0.15, 0.2) is 11.8 Å². The molecule has 0 bridgehead atoms. The van der Waals surface area contributed by atoms with Crippen LogP contribution in [-0.4, -0.2) is 12.8 Å². The Morgan fingerprint density at radius 3 is 2.47 bits per heavy atom. The minimum Gasteiger partial charge on any atom is -0.389 e. The van der Waals surface area contributed by atoms with Crippen molar-refractivity contribution >= 4 is 6.29 Å². The predicted octanol–water partition coefficient (Wildman–Crippen LogP) is 3.29. The van der Waals surface area contributed by atoms with Crippen molar-refractivity contribution in [2.24, 2.45) is 5.41 Å². The van der Waals surface area contributed by atoms with Crippen LogP contribution in [0.2, 0.25) is 0 Å². The Bertz CT molecular complexity index is 207. The Morgan fingerprint density at radius 1 is 1.33 bits per heavy atom. The summed E-state index contributed by atoms with van der Waals surface area (Å²) in [6.07, 6.45) is 7.01. The van der Waals surface area contributed by atoms with Gasteiger partial charge in [-0.1, -0.05) is 33.8 Å². The van der Waals surface area contributed by atoms with Gasteiger partial charge in [-0.3, -0.25) is 0 Å². The fraction of sp³-hybridized carbons (Fsp3) is 0.769. The molecule has 0 aliphatic carbocycles. The molecule has 0 atom stereocenters. The van der Waals surface area contributed by atoms with E-state index in [4.69, 9.17) is 0 Å². The topological polar surface area (TPSA) is 29.1 Å². The molecule has 0 aromatic heterocycles. The molecule has 0 saturated heterocycles. The summed E-state index contributed by atoms with van der Waals surface area (Å²) in [6, 6.07) is 0. The zero-order chi connectivity index (χ0) is 11.7. The molecule has 0 rings (SSSR count). The number of hydrogen-bond acceptors (Lipinski definition) is 2. The van der Waals surface area contributed by atoms with Crippen molar-refractivity contribution in [3.8, 4) is 0 Å². The van der Waals surface area contributed by atoms with Crippen LogP contribution in [-0.2, 0) is 4.79 Å². The van der Waals surface area contributed by atoms with Crippen LogP contribution >= 0.6 is 0 Å². The maximum atomic E-state index is 10.5. The minimum atomic E-state index is 0.0729. The van der Waals surface area contributed by atoms with Gasteiger partial charge in [0, 0.05) is 18.7 Å². The maximum absolute atomic E-state index is 10.5. The van der Waals surface area contributed by atoms with E-state index in [1.807, 2.05) is 0 Å². The summed E-state index contributed by atoms with van der Waals surface area (Å²) in [7, 11) is 0. The molecule has 0 spiro atoms. The smallest absolute Gasteiger partial charge is 0.120 e. The van der Waals surface area contributed by atoms with Gasteiger partial charge in [-0.2, -0.15) is 0 Å². The van der Waals surface area contributed by atoms with E-state index in [0.717, 1.165) is 32.1 Å². The molecule has 0 radical (unpaired) electrons. The molecule has 2 nitrogen and oxygen atoms in total. The molecule has 0 aromatic carbocycles. The summed E-state index contributed by atoms with van der Waals surface area (Å²) < 4.78 is 0. The normalized spacial score (nSPS) is 12.7. The SMILES string of the molecule is CC/C=C(\CC(C)(C)CC=O)NCCC. The third-order valence-electron chi connectivity index (χ3n) is 2.36. The van der Waals surface area contributed by atoms with Gasteiger partial charge in [0.2, 0.25) is 0 Å². The molecule has 88 valence electrons. The molecule has 0 amide bonds. The summed E-state index contributed by atoms with van der Waals surface area (Å²) >= 11 is 0. The Kier molecular flexibility index (Phi) is 7.10. The molecule has 0 aliphatic heterocycles. The van der Waals surface area contributed by atoms with Crippen molar-refractivity contribution < 1.29 is 4.79 Å². The zero-order valence-corrected chi connectivity index (χ0v) is 10.6. The lowest BCUT2D eigenvalue weighted by atomic mass is 9.84. The number of nitrogens with one attached hydrogen (secondary N) is 1. The Morgan fingerprint density at radius 2 is 2.00 bits per heavy atom. The lowest BCUT2D eigenvalue weighted by Gasteiger charge is -2.24. The standard InChI is InChI=1S/C13H25NO/c1-5-7-12(14-9-6-2)11-13(3,4)8-10-15/h7,10,14H,5-6,8-9,11H2,1-4H3/b12-7+. The molecule has 0 fully saturated rings. The van der Waals surface area contributed by atoms with Crippen LogP contribution in [0.5, 0.6) is 0 Å². The molecule has 0 aromatic rings. The molecule has 15 heavy (non-hydrogen) atoms. The first-order valence-corrected chi connectivity index (χ1v) is 5.92. The van der Waals surface area contributed by atoms with Crippen molar-refractivity contribution in [3.05, 3.63) is 11.8 Å². The first-order valence-electron chi connectivity index (χ1n) is 5.92. The summed E-state index contributed by atoms with van der Waals surface area (Å²) in [4.78, 5) is 10.5. The molecule has 0 saturated carbocycles. The monoisotopic (exact) mass is 211 g/mol. The van der Waals surface area contributed by atoms with E-state index in [1.165, 1.54) is 5.70 Å². The quantitative estimate of drug-likeness (QED) is 0.624. The number of hydrogen-bond donors (Lipinski definition) is 1. The van der Waals surface area contributed by atoms with Gasteiger partial charge in [0.25, 0.3) is 0 Å². The van der Waals surface area contributed by atoms with E-state index in [-0.39, 0.29) is 5.41 Å². The van der Waals surface area contributed by atoms with Gasteiger partial charge in [-0.25, -0.2) is 0 Å². The largest absolute Gasteiger partial charge is 0.389 e. The highest BCUT2D eigenvalue weighted by molar-refractivity contribution is 5.50. The molecule has 2 heteroatoms. The number of carbonyl (C=O) groups excluding carboxylic acids is 1. The predicted molar refractivity (Wildman–Crippen MR) is 65.7 cm³/mol. The van der Waals surface area contributed by atoms with Gasteiger partial charge in [-0.15, -0.1) is 0 Å².